The van der Waals surface area contributed by atoms with Gasteiger partial charge in [-0.15, -0.1) is 0 Å². The van der Waals surface area contributed by atoms with Crippen molar-refractivity contribution in [1.82, 2.24) is 14.9 Å². The lowest BCUT2D eigenvalue weighted by atomic mass is 9.96. The van der Waals surface area contributed by atoms with Gasteiger partial charge in [0.15, 0.2) is 11.5 Å². The van der Waals surface area contributed by atoms with Crippen LogP contribution in [0.15, 0.2) is 18.5 Å². The topological polar surface area (TPSA) is 65.4 Å². The highest BCUT2D eigenvalue weighted by Crippen LogP contribution is 2.36. The van der Waals surface area contributed by atoms with Crippen molar-refractivity contribution in [2.75, 3.05) is 20.8 Å². The maximum absolute atomic E-state index is 12.5. The van der Waals surface area contributed by atoms with E-state index >= 15 is 0 Å². The van der Waals surface area contributed by atoms with Crippen molar-refractivity contribution in [3.63, 3.8) is 0 Å². The lowest BCUT2D eigenvalue weighted by molar-refractivity contribution is 0.0933. The number of imidazole rings is 1. The van der Waals surface area contributed by atoms with Crippen molar-refractivity contribution in [3.8, 4) is 17.2 Å². The van der Waals surface area contributed by atoms with Crippen molar-refractivity contribution in [1.29, 1.82) is 0 Å². The fourth-order valence-corrected chi connectivity index (χ4v) is 3.03. The maximum atomic E-state index is 12.5. The van der Waals surface area contributed by atoms with Gasteiger partial charge in [-0.25, -0.2) is 4.98 Å². The Bertz CT molecular complexity index is 803. The number of amides is 1. The monoisotopic (exact) mass is 343 g/mol. The van der Waals surface area contributed by atoms with E-state index < -0.39 is 0 Å². The van der Waals surface area contributed by atoms with Crippen LogP contribution in [0.25, 0.3) is 5.69 Å². The van der Waals surface area contributed by atoms with Crippen LogP contribution < -0.4 is 14.8 Å². The van der Waals surface area contributed by atoms with Crippen molar-refractivity contribution >= 4 is 5.91 Å². The highest BCUT2D eigenvalue weighted by Gasteiger charge is 2.25. The van der Waals surface area contributed by atoms with E-state index in [2.05, 4.69) is 31.1 Å². The Balaban J connectivity index is 1.94. The van der Waals surface area contributed by atoms with Crippen LogP contribution in [-0.4, -0.2) is 36.2 Å². The summed E-state index contributed by atoms with van der Waals surface area (Å²) >= 11 is 0. The molecule has 134 valence electrons. The van der Waals surface area contributed by atoms with Crippen LogP contribution >= 0.6 is 0 Å². The second-order valence-electron chi connectivity index (χ2n) is 7.49. The van der Waals surface area contributed by atoms with E-state index in [-0.39, 0.29) is 11.3 Å². The molecule has 3 rings (SSSR count). The van der Waals surface area contributed by atoms with E-state index in [0.29, 0.717) is 23.7 Å². The second-order valence-corrected chi connectivity index (χ2v) is 7.49. The number of rotatable bonds is 4. The minimum absolute atomic E-state index is 0.0337. The molecule has 0 aliphatic carbocycles. The first-order valence-electron chi connectivity index (χ1n) is 8.44. The van der Waals surface area contributed by atoms with Gasteiger partial charge in [0.2, 0.25) is 0 Å². The number of aromatic nitrogens is 2. The highest BCUT2D eigenvalue weighted by molar-refractivity contribution is 5.93. The summed E-state index contributed by atoms with van der Waals surface area (Å²) in [7, 11) is 3.25. The molecule has 0 saturated heterocycles. The number of nitrogens with one attached hydrogen (secondary N) is 1. The summed E-state index contributed by atoms with van der Waals surface area (Å²) in [5, 5.41) is 2.98. The Kier molecular flexibility index (Phi) is 4.45. The number of hydrogen-bond donors (Lipinski definition) is 1. The standard InChI is InChI=1S/C19H25N3O3/c1-19(2,3)10-20-18(23)17-13-7-6-12-8-15(24-4)16(25-5)9-14(12)22(13)11-21-17/h8-9,11H,6-7,10H2,1-5H3,(H,20,23). The molecule has 1 aliphatic rings. The molecule has 6 heteroatoms. The number of carbonyl (C=O) groups is 1. The first-order valence-corrected chi connectivity index (χ1v) is 8.44. The Morgan fingerprint density at radius 1 is 1.20 bits per heavy atom. The largest absolute Gasteiger partial charge is 0.493 e. The predicted molar refractivity (Wildman–Crippen MR) is 95.9 cm³/mol. The average Bonchev–Trinajstić information content (AvgIpc) is 3.02. The number of fused-ring (bicyclic) bond motifs is 3. The Hall–Kier alpha value is -2.50. The molecule has 2 aromatic rings. The molecule has 0 saturated carbocycles. The van der Waals surface area contributed by atoms with Crippen LogP contribution in [0.4, 0.5) is 0 Å². The molecule has 1 aromatic carbocycles. The summed E-state index contributed by atoms with van der Waals surface area (Å²) in [4.78, 5) is 16.9. The van der Waals surface area contributed by atoms with Gasteiger partial charge in [-0.1, -0.05) is 20.8 Å². The van der Waals surface area contributed by atoms with Crippen LogP contribution in [-0.2, 0) is 12.8 Å². The van der Waals surface area contributed by atoms with Gasteiger partial charge in [0.25, 0.3) is 5.91 Å². The van der Waals surface area contributed by atoms with Crippen LogP contribution in [0.2, 0.25) is 0 Å². The van der Waals surface area contributed by atoms with Gasteiger partial charge in [-0.05, 0) is 29.9 Å². The number of aryl methyl sites for hydroxylation is 1. The molecular weight excluding hydrogens is 318 g/mol. The molecule has 6 nitrogen and oxygen atoms in total. The fourth-order valence-electron chi connectivity index (χ4n) is 3.03. The van der Waals surface area contributed by atoms with Gasteiger partial charge in [-0.2, -0.15) is 0 Å². The molecule has 0 unspecified atom stereocenters. The smallest absolute Gasteiger partial charge is 0.271 e. The Labute approximate surface area is 148 Å². The molecule has 0 radical (unpaired) electrons. The summed E-state index contributed by atoms with van der Waals surface area (Å²) in [6, 6.07) is 3.94. The molecule has 1 aliphatic heterocycles. The number of ether oxygens (including phenoxy) is 2. The minimum Gasteiger partial charge on any atom is -0.493 e. The zero-order chi connectivity index (χ0) is 18.2. The third kappa shape index (κ3) is 3.34. The van der Waals surface area contributed by atoms with Crippen LogP contribution in [0.5, 0.6) is 11.5 Å². The van der Waals surface area contributed by atoms with E-state index in [0.717, 1.165) is 29.8 Å². The number of nitrogens with zero attached hydrogens (tertiary/aromatic N) is 2. The summed E-state index contributed by atoms with van der Waals surface area (Å²) in [5.74, 6) is 1.27. The maximum Gasteiger partial charge on any atom is 0.271 e. The number of hydrogen-bond acceptors (Lipinski definition) is 4. The quantitative estimate of drug-likeness (QED) is 0.927. The highest BCUT2D eigenvalue weighted by atomic mass is 16.5. The lowest BCUT2D eigenvalue weighted by Crippen LogP contribution is -2.33. The first kappa shape index (κ1) is 17.3. The van der Waals surface area contributed by atoms with Gasteiger partial charge in [0.05, 0.1) is 25.6 Å². The normalized spacial score (nSPS) is 13.0. The van der Waals surface area contributed by atoms with Crippen molar-refractivity contribution in [3.05, 3.63) is 35.4 Å². The van der Waals surface area contributed by atoms with Crippen LogP contribution in [0.1, 0.15) is 42.5 Å². The van der Waals surface area contributed by atoms with E-state index in [1.165, 1.54) is 0 Å². The molecule has 0 spiro atoms. The fraction of sp³-hybridized carbons (Fsp3) is 0.474. The average molecular weight is 343 g/mol. The van der Waals surface area contributed by atoms with Crippen molar-refractivity contribution in [2.24, 2.45) is 5.41 Å². The van der Waals surface area contributed by atoms with E-state index in [1.807, 2.05) is 16.7 Å². The van der Waals surface area contributed by atoms with Gasteiger partial charge in [-0.3, -0.25) is 4.79 Å². The molecule has 2 heterocycles. The van der Waals surface area contributed by atoms with Crippen LogP contribution in [0, 0.1) is 5.41 Å². The summed E-state index contributed by atoms with van der Waals surface area (Å²) in [6.45, 7) is 6.88. The molecule has 0 bridgehead atoms. The van der Waals surface area contributed by atoms with E-state index in [9.17, 15) is 4.79 Å². The van der Waals surface area contributed by atoms with Gasteiger partial charge < -0.3 is 19.4 Å². The molecule has 1 amide bonds. The third-order valence-electron chi connectivity index (χ3n) is 4.34. The Morgan fingerprint density at radius 2 is 1.88 bits per heavy atom. The predicted octanol–water partition coefficient (Wildman–Crippen LogP) is 2.76. The van der Waals surface area contributed by atoms with Crippen molar-refractivity contribution < 1.29 is 14.3 Å². The molecule has 25 heavy (non-hydrogen) atoms. The van der Waals surface area contributed by atoms with E-state index in [4.69, 9.17) is 9.47 Å². The van der Waals surface area contributed by atoms with Gasteiger partial charge in [0, 0.05) is 12.6 Å². The zero-order valence-electron chi connectivity index (χ0n) is 15.5. The third-order valence-corrected chi connectivity index (χ3v) is 4.34. The summed E-state index contributed by atoms with van der Waals surface area (Å²) in [5.41, 5.74) is 3.62. The molecule has 0 atom stereocenters. The molecule has 0 fully saturated rings. The number of carbonyl (C=O) groups excluding carboxylic acids is 1. The summed E-state index contributed by atoms with van der Waals surface area (Å²) in [6.07, 6.45) is 3.31. The van der Waals surface area contributed by atoms with Gasteiger partial charge in [0.1, 0.15) is 12.0 Å². The zero-order valence-corrected chi connectivity index (χ0v) is 15.5. The molecular formula is C19H25N3O3. The second kappa shape index (κ2) is 6.43. The number of benzene rings is 1. The van der Waals surface area contributed by atoms with Crippen molar-refractivity contribution in [2.45, 2.75) is 33.6 Å². The lowest BCUT2D eigenvalue weighted by Gasteiger charge is -2.22. The molecule has 1 aromatic heterocycles. The minimum atomic E-state index is -0.118. The van der Waals surface area contributed by atoms with Gasteiger partial charge >= 0.3 is 0 Å². The van der Waals surface area contributed by atoms with Crippen LogP contribution in [0.3, 0.4) is 0 Å². The number of methoxy groups -OCH3 is 2. The summed E-state index contributed by atoms with van der Waals surface area (Å²) < 4.78 is 12.8. The van der Waals surface area contributed by atoms with E-state index in [1.54, 1.807) is 20.5 Å². The first-order chi connectivity index (χ1) is 11.8. The molecule has 1 N–H and O–H groups in total. The SMILES string of the molecule is COc1cc2c(cc1OC)-n1cnc(C(=O)NCC(C)(C)C)c1CC2. The Morgan fingerprint density at radius 3 is 2.52 bits per heavy atom.